The first-order valence-corrected chi connectivity index (χ1v) is 13.2. The molecule has 0 radical (unpaired) electrons. The molecule has 5 aliphatic carbocycles. The van der Waals surface area contributed by atoms with Crippen molar-refractivity contribution in [2.45, 2.75) is 101 Å². The van der Waals surface area contributed by atoms with E-state index in [2.05, 4.69) is 31.7 Å². The first kappa shape index (κ1) is 21.0. The van der Waals surface area contributed by atoms with Crippen LogP contribution in [0.15, 0.2) is 12.1 Å². The SMILES string of the molecule is CC(C)(C)[C@](C)(O)[C@H]1C[C@@]23CC[C@]1(O)[C@@H]1Oc4c(O)ccc5c4[C@@]12CCN(CC1CC1)[C@@H]3C5. The molecule has 2 heterocycles. The predicted octanol–water partition coefficient (Wildman–Crippen LogP) is 3.76. The number of ether oxygens (including phenoxy) is 1. The van der Waals surface area contributed by atoms with E-state index >= 15 is 0 Å². The minimum Gasteiger partial charge on any atom is -0.504 e. The molecule has 0 aromatic heterocycles. The van der Waals surface area contributed by atoms with Gasteiger partial charge in [0, 0.05) is 34.9 Å². The molecule has 180 valence electrons. The average molecular weight is 454 g/mol. The summed E-state index contributed by atoms with van der Waals surface area (Å²) < 4.78 is 6.68. The summed E-state index contributed by atoms with van der Waals surface area (Å²) in [5.41, 5.74) is -0.323. The molecule has 33 heavy (non-hydrogen) atoms. The highest BCUT2D eigenvalue weighted by Gasteiger charge is 2.81. The van der Waals surface area contributed by atoms with Gasteiger partial charge in [0.1, 0.15) is 11.7 Å². The van der Waals surface area contributed by atoms with Gasteiger partial charge in [-0.3, -0.25) is 4.90 Å². The molecule has 0 unspecified atom stereocenters. The van der Waals surface area contributed by atoms with Crippen LogP contribution in [0.4, 0.5) is 0 Å². The van der Waals surface area contributed by atoms with Crippen LogP contribution < -0.4 is 4.74 Å². The second-order valence-corrected chi connectivity index (χ2v) is 13.6. The molecule has 5 nitrogen and oxygen atoms in total. The van der Waals surface area contributed by atoms with Gasteiger partial charge in [0.05, 0.1) is 5.60 Å². The van der Waals surface area contributed by atoms with Gasteiger partial charge in [-0.1, -0.05) is 26.8 Å². The van der Waals surface area contributed by atoms with E-state index in [9.17, 15) is 15.3 Å². The Morgan fingerprint density at radius 3 is 2.58 bits per heavy atom. The van der Waals surface area contributed by atoms with Crippen molar-refractivity contribution in [2.75, 3.05) is 13.1 Å². The molecule has 4 saturated carbocycles. The fraction of sp³-hybridized carbons (Fsp3) is 0.786. The van der Waals surface area contributed by atoms with Crippen LogP contribution in [0.2, 0.25) is 0 Å². The van der Waals surface area contributed by atoms with E-state index in [0.717, 1.165) is 38.1 Å². The summed E-state index contributed by atoms with van der Waals surface area (Å²) in [4.78, 5) is 2.77. The van der Waals surface area contributed by atoms with Crippen LogP contribution in [0.3, 0.4) is 0 Å². The zero-order valence-electron chi connectivity index (χ0n) is 20.5. The number of fused-ring (bicyclic) bond motifs is 2. The Hall–Kier alpha value is -1.30. The van der Waals surface area contributed by atoms with E-state index in [4.69, 9.17) is 4.74 Å². The van der Waals surface area contributed by atoms with Crippen molar-refractivity contribution in [3.8, 4) is 11.5 Å². The largest absolute Gasteiger partial charge is 0.504 e. The highest BCUT2D eigenvalue weighted by Crippen LogP contribution is 2.77. The van der Waals surface area contributed by atoms with Crippen LogP contribution in [-0.4, -0.2) is 56.7 Å². The number of piperidine rings is 1. The number of nitrogens with zero attached hydrogens (tertiary/aromatic N) is 1. The maximum atomic E-state index is 12.5. The van der Waals surface area contributed by atoms with Gasteiger partial charge in [0.25, 0.3) is 0 Å². The van der Waals surface area contributed by atoms with E-state index in [1.165, 1.54) is 30.5 Å². The first-order valence-electron chi connectivity index (χ1n) is 13.2. The molecular formula is C28H39NO4. The third-order valence-electron chi connectivity index (χ3n) is 11.5. The van der Waals surface area contributed by atoms with Crippen LogP contribution in [0.25, 0.3) is 0 Å². The molecule has 4 bridgehead atoms. The second-order valence-electron chi connectivity index (χ2n) is 13.6. The Morgan fingerprint density at radius 1 is 1.12 bits per heavy atom. The number of aliphatic hydroxyl groups is 2. The monoisotopic (exact) mass is 453 g/mol. The maximum Gasteiger partial charge on any atom is 0.165 e. The lowest BCUT2D eigenvalue weighted by molar-refractivity contribution is -0.305. The summed E-state index contributed by atoms with van der Waals surface area (Å²) in [6.07, 6.45) is 6.71. The molecule has 1 saturated heterocycles. The van der Waals surface area contributed by atoms with Crippen molar-refractivity contribution >= 4 is 0 Å². The van der Waals surface area contributed by atoms with Crippen molar-refractivity contribution in [1.82, 2.24) is 4.90 Å². The molecule has 7 aliphatic rings. The van der Waals surface area contributed by atoms with Crippen molar-refractivity contribution < 1.29 is 20.1 Å². The topological polar surface area (TPSA) is 73.2 Å². The number of phenols is 1. The van der Waals surface area contributed by atoms with E-state index in [0.29, 0.717) is 18.2 Å². The quantitative estimate of drug-likeness (QED) is 0.650. The Bertz CT molecular complexity index is 1040. The Labute approximate surface area is 197 Å². The molecule has 3 N–H and O–H groups in total. The second kappa shape index (κ2) is 5.91. The van der Waals surface area contributed by atoms with Crippen molar-refractivity contribution in [2.24, 2.45) is 22.7 Å². The number of benzene rings is 1. The van der Waals surface area contributed by atoms with Crippen LogP contribution in [0.1, 0.15) is 77.3 Å². The van der Waals surface area contributed by atoms with Gasteiger partial charge in [-0.25, -0.2) is 0 Å². The van der Waals surface area contributed by atoms with Crippen molar-refractivity contribution in [1.29, 1.82) is 0 Å². The number of hydrogen-bond donors (Lipinski definition) is 3. The highest BCUT2D eigenvalue weighted by atomic mass is 16.5. The zero-order valence-corrected chi connectivity index (χ0v) is 20.5. The molecule has 1 aromatic rings. The smallest absolute Gasteiger partial charge is 0.165 e. The van der Waals surface area contributed by atoms with Crippen LogP contribution in [-0.2, 0) is 11.8 Å². The van der Waals surface area contributed by atoms with Gasteiger partial charge in [-0.2, -0.15) is 0 Å². The van der Waals surface area contributed by atoms with Gasteiger partial charge in [0.2, 0.25) is 0 Å². The van der Waals surface area contributed by atoms with Crippen molar-refractivity contribution in [3.05, 3.63) is 23.3 Å². The first-order chi connectivity index (χ1) is 15.5. The molecule has 1 aromatic carbocycles. The highest BCUT2D eigenvalue weighted by molar-refractivity contribution is 5.63. The number of likely N-dealkylation sites (tertiary alicyclic amines) is 1. The van der Waals surface area contributed by atoms with Gasteiger partial charge < -0.3 is 20.1 Å². The molecule has 7 atom stereocenters. The molecular weight excluding hydrogens is 414 g/mol. The fourth-order valence-corrected chi connectivity index (χ4v) is 9.26. The van der Waals surface area contributed by atoms with E-state index in [1.807, 2.05) is 6.92 Å². The summed E-state index contributed by atoms with van der Waals surface area (Å²) >= 11 is 0. The Morgan fingerprint density at radius 2 is 1.88 bits per heavy atom. The van der Waals surface area contributed by atoms with Crippen LogP contribution >= 0.6 is 0 Å². The Kier molecular flexibility index (Phi) is 3.76. The standard InChI is InChI=1S/C28H39NO4/c1-24(2,3)25(4,31)19-14-26-9-10-28(19,32)23-27(26)11-12-29(15-16-5-6-16)20(26)13-17-7-8-18(30)22(33-23)21(17)27/h7-8,16,19-20,23,30-32H,5-6,9-15H2,1-4H3/t19-,20-,23-,25-,26-,27+,28-/m1/s1. The molecule has 2 spiro atoms. The number of phenolic OH excluding ortho intramolecular Hbond substituents is 1. The number of hydrogen-bond acceptors (Lipinski definition) is 5. The minimum absolute atomic E-state index is 0.0404. The normalized spacial score (nSPS) is 44.8. The summed E-state index contributed by atoms with van der Waals surface area (Å²) in [7, 11) is 0. The van der Waals surface area contributed by atoms with Crippen LogP contribution in [0, 0.1) is 22.7 Å². The van der Waals surface area contributed by atoms with Crippen molar-refractivity contribution in [3.63, 3.8) is 0 Å². The number of rotatable bonds is 3. The minimum atomic E-state index is -1.11. The Balaban J connectivity index is 1.46. The zero-order chi connectivity index (χ0) is 23.2. The van der Waals surface area contributed by atoms with Gasteiger partial charge in [-0.05, 0) is 81.4 Å². The molecule has 5 heteroatoms. The molecule has 8 rings (SSSR count). The number of aromatic hydroxyl groups is 1. The lowest BCUT2D eigenvalue weighted by Gasteiger charge is -2.75. The van der Waals surface area contributed by atoms with E-state index in [1.54, 1.807) is 6.07 Å². The van der Waals surface area contributed by atoms with E-state index < -0.39 is 17.3 Å². The summed E-state index contributed by atoms with van der Waals surface area (Å²) in [5, 5.41) is 35.3. The van der Waals surface area contributed by atoms with E-state index in [-0.39, 0.29) is 27.9 Å². The summed E-state index contributed by atoms with van der Waals surface area (Å²) in [6.45, 7) is 10.4. The third kappa shape index (κ3) is 2.22. The van der Waals surface area contributed by atoms with Crippen LogP contribution in [0.5, 0.6) is 11.5 Å². The van der Waals surface area contributed by atoms with Gasteiger partial charge in [-0.15, -0.1) is 0 Å². The maximum absolute atomic E-state index is 12.5. The predicted molar refractivity (Wildman–Crippen MR) is 125 cm³/mol. The molecule has 2 aliphatic heterocycles. The fourth-order valence-electron chi connectivity index (χ4n) is 9.26. The van der Waals surface area contributed by atoms with Gasteiger partial charge in [0.15, 0.2) is 11.5 Å². The lowest BCUT2D eigenvalue weighted by Crippen LogP contribution is -2.82. The molecule has 0 amide bonds. The third-order valence-corrected chi connectivity index (χ3v) is 11.5. The summed E-state index contributed by atoms with van der Waals surface area (Å²) in [6, 6.07) is 4.30. The lowest BCUT2D eigenvalue weighted by atomic mass is 9.33. The average Bonchev–Trinajstić information content (AvgIpc) is 3.48. The van der Waals surface area contributed by atoms with Gasteiger partial charge >= 0.3 is 0 Å². The summed E-state index contributed by atoms with van der Waals surface area (Å²) in [5.74, 6) is 1.39. The molecule has 5 fully saturated rings.